The summed E-state index contributed by atoms with van der Waals surface area (Å²) >= 11 is 0. The zero-order valence-corrected chi connectivity index (χ0v) is 68.0. The molecule has 0 aromatic rings. The summed E-state index contributed by atoms with van der Waals surface area (Å²) in [5, 5.41) is 10.6. The van der Waals surface area contributed by atoms with E-state index in [0.717, 1.165) is 102 Å². The number of phosphoric ester groups is 2. The first-order valence-electron chi connectivity index (χ1n) is 42.5. The second-order valence-corrected chi connectivity index (χ2v) is 33.4. The van der Waals surface area contributed by atoms with E-state index in [4.69, 9.17) is 37.0 Å². The quantitative estimate of drug-likeness (QED) is 0.0222. The predicted molar refractivity (Wildman–Crippen MR) is 414 cm³/mol. The molecule has 0 aliphatic carbocycles. The normalized spacial score (nSPS) is 13.9. The summed E-state index contributed by atoms with van der Waals surface area (Å²) < 4.78 is 68.7. The number of aliphatic hydroxyl groups excluding tert-OH is 1. The number of hydrogen-bond acceptors (Lipinski definition) is 15. The minimum atomic E-state index is -4.96. The lowest BCUT2D eigenvalue weighted by atomic mass is 10.0. The van der Waals surface area contributed by atoms with Crippen LogP contribution in [-0.2, 0) is 65.4 Å². The van der Waals surface area contributed by atoms with E-state index in [9.17, 15) is 43.2 Å². The Morgan fingerprint density at radius 3 is 0.673 bits per heavy atom. The zero-order chi connectivity index (χ0) is 74.2. The molecule has 17 nitrogen and oxygen atoms in total. The molecule has 0 radical (unpaired) electrons. The third-order valence-corrected chi connectivity index (χ3v) is 21.1. The van der Waals surface area contributed by atoms with Crippen molar-refractivity contribution in [2.24, 2.45) is 11.8 Å². The number of rotatable bonds is 81. The van der Waals surface area contributed by atoms with Crippen molar-refractivity contribution < 1.29 is 80.2 Å². The lowest BCUT2D eigenvalue weighted by Gasteiger charge is -2.21. The molecule has 19 heteroatoms. The molecule has 0 bridgehead atoms. The van der Waals surface area contributed by atoms with Gasteiger partial charge in [0, 0.05) is 25.7 Å². The van der Waals surface area contributed by atoms with Crippen molar-refractivity contribution in [3.8, 4) is 0 Å². The number of carbonyl (C=O) groups excluding carboxylic acids is 4. The van der Waals surface area contributed by atoms with E-state index in [-0.39, 0.29) is 25.7 Å². The molecule has 2 unspecified atom stereocenters. The van der Waals surface area contributed by atoms with Crippen molar-refractivity contribution in [1.29, 1.82) is 0 Å². The van der Waals surface area contributed by atoms with E-state index in [1.165, 1.54) is 244 Å². The maximum atomic E-state index is 13.1. The fraction of sp³-hybridized carbons (Fsp3) is 0.951. The van der Waals surface area contributed by atoms with Gasteiger partial charge in [0.15, 0.2) is 12.2 Å². The molecule has 101 heavy (non-hydrogen) atoms. The topological polar surface area (TPSA) is 237 Å². The Labute approximate surface area is 619 Å². The fourth-order valence-electron chi connectivity index (χ4n) is 12.7. The van der Waals surface area contributed by atoms with Gasteiger partial charge in [-0.25, -0.2) is 9.13 Å². The van der Waals surface area contributed by atoms with Crippen molar-refractivity contribution in [1.82, 2.24) is 0 Å². The van der Waals surface area contributed by atoms with Gasteiger partial charge >= 0.3 is 39.5 Å². The van der Waals surface area contributed by atoms with Gasteiger partial charge in [-0.05, 0) is 37.5 Å². The van der Waals surface area contributed by atoms with Crippen LogP contribution in [-0.4, -0.2) is 96.7 Å². The highest BCUT2D eigenvalue weighted by atomic mass is 31.2. The number of carbonyl (C=O) groups is 4. The molecule has 0 aromatic heterocycles. The van der Waals surface area contributed by atoms with Gasteiger partial charge in [-0.2, -0.15) is 0 Å². The van der Waals surface area contributed by atoms with Gasteiger partial charge in [-0.1, -0.05) is 382 Å². The number of ether oxygens (including phenoxy) is 4. The van der Waals surface area contributed by atoms with Gasteiger partial charge in [-0.15, -0.1) is 0 Å². The van der Waals surface area contributed by atoms with E-state index in [0.29, 0.717) is 31.6 Å². The summed E-state index contributed by atoms with van der Waals surface area (Å²) in [5.74, 6) is -0.604. The highest BCUT2D eigenvalue weighted by Gasteiger charge is 2.30. The van der Waals surface area contributed by atoms with Crippen LogP contribution in [0.25, 0.3) is 0 Å². The summed E-state index contributed by atoms with van der Waals surface area (Å²) in [6.45, 7) is 9.61. The number of phosphoric acid groups is 2. The Bertz CT molecular complexity index is 1940. The Morgan fingerprint density at radius 2 is 0.455 bits per heavy atom. The van der Waals surface area contributed by atoms with E-state index in [1.807, 2.05) is 0 Å². The standard InChI is InChI=1S/C82H160O17P2/c1-7-9-11-13-15-17-19-21-22-23-24-25-26-27-28-34-38-42-48-55-61-67-82(87)98-77(70-92-79(84)64-58-52-46-40-36-33-30-29-32-35-39-44-50-56-62-74(3)4)72-96-100(88,89)94-68-76(83)69-95-101(90,91)97-73-78(71-93-80(85)65-59-53-49-43-45-51-57-63-75(5)6)99-81(86)66-60-54-47-41-37-31-20-18-16-14-12-10-8-2/h74-78,83H,7-73H2,1-6H3,(H,88,89)(H,90,91)/t76-,77-,78-/m1/s1. The van der Waals surface area contributed by atoms with Crippen LogP contribution in [0.1, 0.15) is 433 Å². The largest absolute Gasteiger partial charge is 0.472 e. The van der Waals surface area contributed by atoms with Gasteiger partial charge < -0.3 is 33.8 Å². The van der Waals surface area contributed by atoms with Crippen LogP contribution in [0.4, 0.5) is 0 Å². The molecule has 3 N–H and O–H groups in total. The summed E-state index contributed by atoms with van der Waals surface area (Å²) in [6, 6.07) is 0. The second kappa shape index (κ2) is 73.6. The van der Waals surface area contributed by atoms with Crippen molar-refractivity contribution >= 4 is 39.5 Å². The molecule has 0 aromatic carbocycles. The SMILES string of the molecule is CCCCCCCCCCCCCCCCCCCCCCCC(=O)O[C@H](COC(=O)CCCCCCCCCCCCCCCCC(C)C)COP(=O)(O)OC[C@@H](O)COP(=O)(O)OC[C@@H](COC(=O)CCCCCCCCCC(C)C)OC(=O)CCCCCCCCCCCCCCC. The maximum absolute atomic E-state index is 13.1. The highest BCUT2D eigenvalue weighted by Crippen LogP contribution is 2.45. The molecular formula is C82H160O17P2. The number of esters is 4. The molecule has 5 atom stereocenters. The number of aliphatic hydroxyl groups is 1. The van der Waals surface area contributed by atoms with Crippen LogP contribution >= 0.6 is 15.6 Å². The number of hydrogen-bond donors (Lipinski definition) is 3. The van der Waals surface area contributed by atoms with Crippen molar-refractivity contribution in [2.75, 3.05) is 39.6 Å². The molecule has 0 aliphatic heterocycles. The molecule has 0 fully saturated rings. The van der Waals surface area contributed by atoms with Crippen LogP contribution in [0.15, 0.2) is 0 Å². The average molecular weight is 1480 g/mol. The van der Waals surface area contributed by atoms with Crippen LogP contribution in [0.2, 0.25) is 0 Å². The Morgan fingerprint density at radius 1 is 0.267 bits per heavy atom. The van der Waals surface area contributed by atoms with Gasteiger partial charge in [0.05, 0.1) is 26.4 Å². The molecule has 600 valence electrons. The van der Waals surface area contributed by atoms with E-state index in [2.05, 4.69) is 41.5 Å². The molecule has 0 saturated heterocycles. The Hall–Kier alpha value is -1.94. The zero-order valence-electron chi connectivity index (χ0n) is 66.2. The summed E-state index contributed by atoms with van der Waals surface area (Å²) in [6.07, 6.45) is 64.0. The third-order valence-electron chi connectivity index (χ3n) is 19.2. The number of unbranched alkanes of at least 4 members (excludes halogenated alkanes) is 51. The van der Waals surface area contributed by atoms with Gasteiger partial charge in [0.25, 0.3) is 0 Å². The van der Waals surface area contributed by atoms with Gasteiger partial charge in [0.1, 0.15) is 19.3 Å². The maximum Gasteiger partial charge on any atom is 0.472 e. The van der Waals surface area contributed by atoms with Crippen molar-refractivity contribution in [2.45, 2.75) is 452 Å². The second-order valence-electron chi connectivity index (χ2n) is 30.5. The fourth-order valence-corrected chi connectivity index (χ4v) is 14.3. The third kappa shape index (κ3) is 76.1. The molecule has 0 amide bonds. The Kier molecular flexibility index (Phi) is 72.2. The van der Waals surface area contributed by atoms with Crippen LogP contribution in [0.3, 0.4) is 0 Å². The van der Waals surface area contributed by atoms with Crippen molar-refractivity contribution in [3.63, 3.8) is 0 Å². The first kappa shape index (κ1) is 99.1. The van der Waals surface area contributed by atoms with Gasteiger partial charge in [0.2, 0.25) is 0 Å². The van der Waals surface area contributed by atoms with Gasteiger partial charge in [-0.3, -0.25) is 37.3 Å². The molecular weight excluding hydrogens is 1320 g/mol. The van der Waals surface area contributed by atoms with E-state index in [1.54, 1.807) is 0 Å². The summed E-state index contributed by atoms with van der Waals surface area (Å²) in [7, 11) is -9.92. The smallest absolute Gasteiger partial charge is 0.462 e. The first-order chi connectivity index (χ1) is 48.9. The molecule has 0 aliphatic rings. The first-order valence-corrected chi connectivity index (χ1v) is 45.5. The van der Waals surface area contributed by atoms with E-state index < -0.39 is 97.5 Å². The van der Waals surface area contributed by atoms with Crippen LogP contribution < -0.4 is 0 Å². The highest BCUT2D eigenvalue weighted by molar-refractivity contribution is 7.47. The van der Waals surface area contributed by atoms with E-state index >= 15 is 0 Å². The predicted octanol–water partition coefficient (Wildman–Crippen LogP) is 24.7. The van der Waals surface area contributed by atoms with Crippen LogP contribution in [0.5, 0.6) is 0 Å². The molecule has 0 saturated carbocycles. The molecule has 0 heterocycles. The lowest BCUT2D eigenvalue weighted by Crippen LogP contribution is -2.30. The lowest BCUT2D eigenvalue weighted by molar-refractivity contribution is -0.161. The Balaban J connectivity index is 5.22. The minimum Gasteiger partial charge on any atom is -0.462 e. The summed E-state index contributed by atoms with van der Waals surface area (Å²) in [5.41, 5.74) is 0. The van der Waals surface area contributed by atoms with Crippen molar-refractivity contribution in [3.05, 3.63) is 0 Å². The molecule has 0 spiro atoms. The monoisotopic (exact) mass is 1480 g/mol. The summed E-state index contributed by atoms with van der Waals surface area (Å²) in [4.78, 5) is 73.0. The van der Waals surface area contributed by atoms with Crippen LogP contribution in [0, 0.1) is 11.8 Å². The average Bonchev–Trinajstić information content (AvgIpc) is 1.06. The molecule has 0 rings (SSSR count). The minimum absolute atomic E-state index is 0.107.